The van der Waals surface area contributed by atoms with E-state index < -0.39 is 0 Å². The minimum absolute atomic E-state index is 0.811. The van der Waals surface area contributed by atoms with E-state index in [9.17, 15) is 0 Å². The molecule has 0 saturated heterocycles. The van der Waals surface area contributed by atoms with E-state index in [4.69, 9.17) is 9.47 Å². The van der Waals surface area contributed by atoms with E-state index in [0.717, 1.165) is 44.9 Å². The van der Waals surface area contributed by atoms with Crippen molar-refractivity contribution in [2.75, 3.05) is 33.4 Å². The topological polar surface area (TPSA) is 30.5 Å². The molecule has 1 rings (SSSR count). The lowest BCUT2D eigenvalue weighted by Gasteiger charge is -2.06. The summed E-state index contributed by atoms with van der Waals surface area (Å²) in [6.45, 7) is 5.73. The summed E-state index contributed by atoms with van der Waals surface area (Å²) in [6.07, 6.45) is 2.13. The van der Waals surface area contributed by atoms with E-state index in [-0.39, 0.29) is 0 Å². The molecule has 0 aliphatic carbocycles. The number of nitrogens with one attached hydrogen (secondary N) is 1. The van der Waals surface area contributed by atoms with Gasteiger partial charge in [0.25, 0.3) is 0 Å². The van der Waals surface area contributed by atoms with E-state index in [1.54, 1.807) is 7.11 Å². The Kier molecular flexibility index (Phi) is 7.43. The van der Waals surface area contributed by atoms with Gasteiger partial charge in [-0.05, 0) is 50.6 Å². The Labute approximate surface area is 104 Å². The van der Waals surface area contributed by atoms with Crippen molar-refractivity contribution in [2.45, 2.75) is 19.8 Å². The van der Waals surface area contributed by atoms with Gasteiger partial charge in [0.05, 0.1) is 7.11 Å². The van der Waals surface area contributed by atoms with E-state index in [1.165, 1.54) is 5.56 Å². The SMILES string of the molecule is CCOCCCNCCc1ccc(OC)cc1. The van der Waals surface area contributed by atoms with Gasteiger partial charge >= 0.3 is 0 Å². The molecule has 1 N–H and O–H groups in total. The van der Waals surface area contributed by atoms with Crippen LogP contribution in [0.2, 0.25) is 0 Å². The first-order chi connectivity index (χ1) is 8.36. The summed E-state index contributed by atoms with van der Waals surface area (Å²) in [6, 6.07) is 8.23. The molecule has 0 aromatic heterocycles. The Bertz CT molecular complexity index is 285. The molecule has 0 aliphatic rings. The summed E-state index contributed by atoms with van der Waals surface area (Å²) in [7, 11) is 1.69. The van der Waals surface area contributed by atoms with Crippen LogP contribution in [0.25, 0.3) is 0 Å². The van der Waals surface area contributed by atoms with Gasteiger partial charge in [0.15, 0.2) is 0 Å². The maximum absolute atomic E-state index is 5.27. The first-order valence-electron chi connectivity index (χ1n) is 6.28. The molecule has 0 fully saturated rings. The van der Waals surface area contributed by atoms with Crippen LogP contribution in [0.15, 0.2) is 24.3 Å². The zero-order valence-corrected chi connectivity index (χ0v) is 10.9. The highest BCUT2D eigenvalue weighted by Crippen LogP contribution is 2.11. The lowest BCUT2D eigenvalue weighted by molar-refractivity contribution is 0.145. The molecule has 0 amide bonds. The first-order valence-corrected chi connectivity index (χ1v) is 6.28. The molecule has 3 nitrogen and oxygen atoms in total. The molecule has 0 atom stereocenters. The molecule has 1 aromatic carbocycles. The molecule has 0 saturated carbocycles. The van der Waals surface area contributed by atoms with Crippen LogP contribution in [-0.4, -0.2) is 33.4 Å². The van der Waals surface area contributed by atoms with Crippen molar-refractivity contribution in [3.8, 4) is 5.75 Å². The van der Waals surface area contributed by atoms with Gasteiger partial charge in [-0.3, -0.25) is 0 Å². The van der Waals surface area contributed by atoms with E-state index in [1.807, 2.05) is 19.1 Å². The monoisotopic (exact) mass is 237 g/mol. The highest BCUT2D eigenvalue weighted by atomic mass is 16.5. The molecule has 0 bridgehead atoms. The number of ether oxygens (including phenoxy) is 2. The molecular formula is C14H23NO2. The van der Waals surface area contributed by atoms with E-state index in [0.29, 0.717) is 0 Å². The van der Waals surface area contributed by atoms with Crippen molar-refractivity contribution >= 4 is 0 Å². The fourth-order valence-corrected chi connectivity index (χ4v) is 1.59. The van der Waals surface area contributed by atoms with Gasteiger partial charge < -0.3 is 14.8 Å². The second-order valence-electron chi connectivity index (χ2n) is 3.90. The highest BCUT2D eigenvalue weighted by molar-refractivity contribution is 5.27. The van der Waals surface area contributed by atoms with E-state index in [2.05, 4.69) is 17.4 Å². The van der Waals surface area contributed by atoms with Crippen molar-refractivity contribution in [1.82, 2.24) is 5.32 Å². The average molecular weight is 237 g/mol. The standard InChI is InChI=1S/C14H23NO2/c1-3-17-12-4-10-15-11-9-13-5-7-14(16-2)8-6-13/h5-8,15H,3-4,9-12H2,1-2H3. The normalized spacial score (nSPS) is 10.5. The number of rotatable bonds is 9. The van der Waals surface area contributed by atoms with Crippen LogP contribution in [0, 0.1) is 0 Å². The first kappa shape index (κ1) is 14.0. The second-order valence-corrected chi connectivity index (χ2v) is 3.90. The molecule has 0 heterocycles. The Hall–Kier alpha value is -1.06. The van der Waals surface area contributed by atoms with Crippen LogP contribution in [0.5, 0.6) is 5.75 Å². The van der Waals surface area contributed by atoms with Gasteiger partial charge in [0.2, 0.25) is 0 Å². The quantitative estimate of drug-likeness (QED) is 0.668. The maximum Gasteiger partial charge on any atom is 0.118 e. The van der Waals surface area contributed by atoms with Crippen LogP contribution in [0.4, 0.5) is 0 Å². The summed E-state index contributed by atoms with van der Waals surface area (Å²) in [5.74, 6) is 0.915. The molecule has 3 heteroatoms. The zero-order valence-electron chi connectivity index (χ0n) is 10.9. The third kappa shape index (κ3) is 6.29. The van der Waals surface area contributed by atoms with E-state index >= 15 is 0 Å². The minimum atomic E-state index is 0.811. The third-order valence-electron chi connectivity index (χ3n) is 2.60. The molecule has 0 aliphatic heterocycles. The van der Waals surface area contributed by atoms with Crippen LogP contribution < -0.4 is 10.1 Å². The van der Waals surface area contributed by atoms with Crippen LogP contribution in [0.1, 0.15) is 18.9 Å². The molecule has 17 heavy (non-hydrogen) atoms. The molecule has 0 spiro atoms. The Morgan fingerprint density at radius 1 is 1.12 bits per heavy atom. The molecule has 96 valence electrons. The lowest BCUT2D eigenvalue weighted by Crippen LogP contribution is -2.19. The van der Waals surface area contributed by atoms with Gasteiger partial charge in [-0.1, -0.05) is 12.1 Å². The smallest absolute Gasteiger partial charge is 0.118 e. The van der Waals surface area contributed by atoms with Crippen molar-refractivity contribution in [1.29, 1.82) is 0 Å². The van der Waals surface area contributed by atoms with Gasteiger partial charge in [0.1, 0.15) is 5.75 Å². The maximum atomic E-state index is 5.27. The van der Waals surface area contributed by atoms with Crippen LogP contribution in [-0.2, 0) is 11.2 Å². The largest absolute Gasteiger partial charge is 0.497 e. The predicted molar refractivity (Wildman–Crippen MR) is 70.7 cm³/mol. The highest BCUT2D eigenvalue weighted by Gasteiger charge is 1.94. The molecule has 1 aromatic rings. The van der Waals surface area contributed by atoms with Gasteiger partial charge in [-0.2, -0.15) is 0 Å². The van der Waals surface area contributed by atoms with Gasteiger partial charge in [-0.25, -0.2) is 0 Å². The fourth-order valence-electron chi connectivity index (χ4n) is 1.59. The number of hydrogen-bond donors (Lipinski definition) is 1. The summed E-state index contributed by atoms with van der Waals surface area (Å²) < 4.78 is 10.4. The number of methoxy groups -OCH3 is 1. The Balaban J connectivity index is 2.05. The summed E-state index contributed by atoms with van der Waals surface area (Å²) >= 11 is 0. The van der Waals surface area contributed by atoms with Crippen molar-refractivity contribution in [3.05, 3.63) is 29.8 Å². The van der Waals surface area contributed by atoms with Gasteiger partial charge in [-0.15, -0.1) is 0 Å². The van der Waals surface area contributed by atoms with Crippen LogP contribution in [0.3, 0.4) is 0 Å². The summed E-state index contributed by atoms with van der Waals surface area (Å²) in [4.78, 5) is 0. The Morgan fingerprint density at radius 2 is 1.88 bits per heavy atom. The number of benzene rings is 1. The third-order valence-corrected chi connectivity index (χ3v) is 2.60. The molecule has 0 radical (unpaired) electrons. The zero-order chi connectivity index (χ0) is 12.3. The predicted octanol–water partition coefficient (Wildman–Crippen LogP) is 2.25. The van der Waals surface area contributed by atoms with Crippen molar-refractivity contribution in [2.24, 2.45) is 0 Å². The number of hydrogen-bond acceptors (Lipinski definition) is 3. The van der Waals surface area contributed by atoms with Crippen molar-refractivity contribution in [3.63, 3.8) is 0 Å². The average Bonchev–Trinajstić information content (AvgIpc) is 2.38. The molecular weight excluding hydrogens is 214 g/mol. The van der Waals surface area contributed by atoms with Gasteiger partial charge in [0, 0.05) is 13.2 Å². The fraction of sp³-hybridized carbons (Fsp3) is 0.571. The second kappa shape index (κ2) is 9.02. The van der Waals surface area contributed by atoms with Crippen LogP contribution >= 0.6 is 0 Å². The summed E-state index contributed by atoms with van der Waals surface area (Å²) in [5, 5.41) is 3.41. The Morgan fingerprint density at radius 3 is 2.53 bits per heavy atom. The van der Waals surface area contributed by atoms with Crippen molar-refractivity contribution < 1.29 is 9.47 Å². The minimum Gasteiger partial charge on any atom is -0.497 e. The summed E-state index contributed by atoms with van der Waals surface area (Å²) in [5.41, 5.74) is 1.34. The lowest BCUT2D eigenvalue weighted by atomic mass is 10.1. The molecule has 0 unspecified atom stereocenters.